The van der Waals surface area contributed by atoms with Gasteiger partial charge in [-0.2, -0.15) is 0 Å². The van der Waals surface area contributed by atoms with Gasteiger partial charge in [0.15, 0.2) is 5.65 Å². The van der Waals surface area contributed by atoms with Crippen LogP contribution in [0.3, 0.4) is 0 Å². The average molecular weight is 294 g/mol. The van der Waals surface area contributed by atoms with Crippen molar-refractivity contribution in [2.24, 2.45) is 5.92 Å². The highest BCUT2D eigenvalue weighted by Gasteiger charge is 2.17. The van der Waals surface area contributed by atoms with Crippen LogP contribution < -0.4 is 0 Å². The highest BCUT2D eigenvalue weighted by atomic mass is 79.9. The van der Waals surface area contributed by atoms with Crippen LogP contribution in [-0.4, -0.2) is 14.4 Å². The van der Waals surface area contributed by atoms with Gasteiger partial charge in [0.1, 0.15) is 4.60 Å². The van der Waals surface area contributed by atoms with Crippen LogP contribution >= 0.6 is 15.9 Å². The lowest BCUT2D eigenvalue weighted by molar-refractivity contribution is 0.354. The molecule has 1 aliphatic rings. The van der Waals surface area contributed by atoms with Crippen molar-refractivity contribution in [2.75, 3.05) is 0 Å². The summed E-state index contributed by atoms with van der Waals surface area (Å²) in [5.41, 5.74) is 2.15. The highest BCUT2D eigenvalue weighted by Crippen LogP contribution is 2.27. The molecule has 2 heterocycles. The van der Waals surface area contributed by atoms with Gasteiger partial charge >= 0.3 is 0 Å². The molecule has 3 nitrogen and oxygen atoms in total. The Balaban J connectivity index is 1.90. The molecule has 0 atom stereocenters. The van der Waals surface area contributed by atoms with Crippen molar-refractivity contribution < 1.29 is 0 Å². The summed E-state index contributed by atoms with van der Waals surface area (Å²) in [5.74, 6) is 0.797. The summed E-state index contributed by atoms with van der Waals surface area (Å²) in [6.07, 6.45) is 13.7. The van der Waals surface area contributed by atoms with Crippen LogP contribution in [-0.2, 0) is 6.42 Å². The van der Waals surface area contributed by atoms with Crippen molar-refractivity contribution in [3.63, 3.8) is 0 Å². The van der Waals surface area contributed by atoms with Crippen molar-refractivity contribution in [2.45, 2.75) is 38.5 Å². The molecule has 0 spiro atoms. The topological polar surface area (TPSA) is 30.2 Å². The van der Waals surface area contributed by atoms with Gasteiger partial charge in [0.05, 0.1) is 5.69 Å². The molecule has 0 amide bonds. The summed E-state index contributed by atoms with van der Waals surface area (Å²) in [6, 6.07) is 0. The monoisotopic (exact) mass is 293 g/mol. The third-order valence-electron chi connectivity index (χ3n) is 3.62. The molecule has 0 N–H and O–H groups in total. The van der Waals surface area contributed by atoms with E-state index >= 15 is 0 Å². The molecule has 2 aromatic heterocycles. The lowest BCUT2D eigenvalue weighted by Crippen LogP contribution is -2.11. The molecule has 90 valence electrons. The molecule has 4 heteroatoms. The Morgan fingerprint density at radius 1 is 1.29 bits per heavy atom. The van der Waals surface area contributed by atoms with E-state index in [0.29, 0.717) is 0 Å². The number of imidazole rings is 1. The molecule has 1 aliphatic carbocycles. The molecule has 1 fully saturated rings. The zero-order valence-electron chi connectivity index (χ0n) is 9.77. The zero-order valence-corrected chi connectivity index (χ0v) is 11.4. The van der Waals surface area contributed by atoms with Gasteiger partial charge in [0.25, 0.3) is 0 Å². The van der Waals surface area contributed by atoms with E-state index in [1.165, 1.54) is 32.1 Å². The van der Waals surface area contributed by atoms with E-state index < -0.39 is 0 Å². The smallest absolute Gasteiger partial charge is 0.158 e. The molecule has 1 saturated carbocycles. The minimum atomic E-state index is 0.797. The lowest BCUT2D eigenvalue weighted by atomic mass is 9.86. The van der Waals surface area contributed by atoms with Crippen molar-refractivity contribution in [1.29, 1.82) is 0 Å². The fourth-order valence-electron chi connectivity index (χ4n) is 2.76. The first-order chi connectivity index (χ1) is 8.33. The maximum atomic E-state index is 4.60. The van der Waals surface area contributed by atoms with Gasteiger partial charge in [-0.3, -0.25) is 0 Å². The van der Waals surface area contributed by atoms with Gasteiger partial charge in [-0.25, -0.2) is 9.97 Å². The molecule has 2 aromatic rings. The Bertz CT molecular complexity index is 514. The second kappa shape index (κ2) is 4.77. The maximum absolute atomic E-state index is 4.60. The average Bonchev–Trinajstić information content (AvgIpc) is 2.78. The van der Waals surface area contributed by atoms with E-state index in [2.05, 4.69) is 30.3 Å². The van der Waals surface area contributed by atoms with Crippen molar-refractivity contribution in [1.82, 2.24) is 14.4 Å². The van der Waals surface area contributed by atoms with Crippen LogP contribution in [0.15, 0.2) is 23.2 Å². The summed E-state index contributed by atoms with van der Waals surface area (Å²) in [6.45, 7) is 0. The van der Waals surface area contributed by atoms with Crippen molar-refractivity contribution in [3.05, 3.63) is 28.9 Å². The number of nitrogens with zero attached hydrogens (tertiary/aromatic N) is 3. The predicted molar refractivity (Wildman–Crippen MR) is 71.0 cm³/mol. The summed E-state index contributed by atoms with van der Waals surface area (Å²) in [4.78, 5) is 9.01. The number of fused-ring (bicyclic) bond motifs is 1. The Kier molecular flexibility index (Phi) is 3.14. The van der Waals surface area contributed by atoms with Crippen molar-refractivity contribution >= 4 is 21.6 Å². The van der Waals surface area contributed by atoms with E-state index in [1.807, 2.05) is 18.6 Å². The third-order valence-corrected chi connectivity index (χ3v) is 4.00. The minimum absolute atomic E-state index is 0.797. The fraction of sp³-hybridized carbons (Fsp3) is 0.538. The number of hydrogen-bond donors (Lipinski definition) is 0. The fourth-order valence-corrected chi connectivity index (χ4v) is 3.20. The molecule has 0 aliphatic heterocycles. The molecule has 3 rings (SSSR count). The second-order valence-corrected chi connectivity index (χ2v) is 5.69. The Morgan fingerprint density at radius 2 is 2.12 bits per heavy atom. The van der Waals surface area contributed by atoms with Crippen LogP contribution in [0, 0.1) is 5.92 Å². The van der Waals surface area contributed by atoms with Gasteiger partial charge in [-0.1, -0.05) is 32.1 Å². The van der Waals surface area contributed by atoms with E-state index in [-0.39, 0.29) is 0 Å². The molecule has 17 heavy (non-hydrogen) atoms. The Hall–Kier alpha value is -0.900. The first-order valence-corrected chi connectivity index (χ1v) is 7.10. The molecule has 0 unspecified atom stereocenters. The largest absolute Gasteiger partial charge is 0.303 e. The normalized spacial score (nSPS) is 17.7. The molecule has 0 radical (unpaired) electrons. The number of rotatable bonds is 2. The quantitative estimate of drug-likeness (QED) is 0.847. The number of halogens is 1. The zero-order chi connectivity index (χ0) is 11.7. The summed E-state index contributed by atoms with van der Waals surface area (Å²) in [5, 5.41) is 0. The van der Waals surface area contributed by atoms with Gasteiger partial charge in [-0.15, -0.1) is 0 Å². The van der Waals surface area contributed by atoms with E-state index in [0.717, 1.165) is 28.3 Å². The van der Waals surface area contributed by atoms with Gasteiger partial charge in [-0.05, 0) is 28.3 Å². The summed E-state index contributed by atoms with van der Waals surface area (Å²) < 4.78 is 2.95. The highest BCUT2D eigenvalue weighted by molar-refractivity contribution is 9.10. The molecular formula is C13H16BrN3. The number of aromatic nitrogens is 3. The van der Waals surface area contributed by atoms with Crippen LogP contribution in [0.2, 0.25) is 0 Å². The lowest BCUT2D eigenvalue weighted by Gasteiger charge is -2.21. The second-order valence-electron chi connectivity index (χ2n) is 4.88. The molecule has 0 bridgehead atoms. The summed E-state index contributed by atoms with van der Waals surface area (Å²) in [7, 11) is 0. The Morgan fingerprint density at radius 3 is 2.94 bits per heavy atom. The molecule has 0 aromatic carbocycles. The Labute approximate surface area is 109 Å². The first-order valence-electron chi connectivity index (χ1n) is 6.31. The predicted octanol–water partition coefficient (Wildman–Crippen LogP) is 3.61. The minimum Gasteiger partial charge on any atom is -0.303 e. The maximum Gasteiger partial charge on any atom is 0.158 e. The third kappa shape index (κ3) is 2.37. The van der Waals surface area contributed by atoms with Crippen LogP contribution in [0.25, 0.3) is 5.65 Å². The van der Waals surface area contributed by atoms with Crippen molar-refractivity contribution in [3.8, 4) is 0 Å². The van der Waals surface area contributed by atoms with E-state index in [9.17, 15) is 0 Å². The van der Waals surface area contributed by atoms with Crippen LogP contribution in [0.5, 0.6) is 0 Å². The summed E-state index contributed by atoms with van der Waals surface area (Å²) >= 11 is 3.47. The van der Waals surface area contributed by atoms with Crippen LogP contribution in [0.4, 0.5) is 0 Å². The standard InChI is InChI=1S/C13H16BrN3/c14-12-9-17-7-6-15-13(17)11(16-12)8-10-4-2-1-3-5-10/h6-7,9-10H,1-5,8H2. The molecule has 0 saturated heterocycles. The van der Waals surface area contributed by atoms with Gasteiger partial charge < -0.3 is 4.40 Å². The van der Waals surface area contributed by atoms with E-state index in [4.69, 9.17) is 0 Å². The SMILES string of the molecule is Brc1cn2ccnc2c(CC2CCCCC2)n1. The first kappa shape index (κ1) is 11.2. The van der Waals surface area contributed by atoms with Gasteiger partial charge in [0.2, 0.25) is 0 Å². The number of hydrogen-bond acceptors (Lipinski definition) is 2. The molecular weight excluding hydrogens is 278 g/mol. The van der Waals surface area contributed by atoms with Gasteiger partial charge in [0, 0.05) is 18.6 Å². The van der Waals surface area contributed by atoms with Crippen LogP contribution in [0.1, 0.15) is 37.8 Å². The van der Waals surface area contributed by atoms with E-state index in [1.54, 1.807) is 0 Å².